The number of ether oxygens (including phenoxy) is 1. The van der Waals surface area contributed by atoms with Crippen LogP contribution in [0.3, 0.4) is 0 Å². The molecule has 0 spiro atoms. The van der Waals surface area contributed by atoms with E-state index in [-0.39, 0.29) is 11.9 Å². The van der Waals surface area contributed by atoms with Crippen molar-refractivity contribution in [2.45, 2.75) is 30.5 Å². The van der Waals surface area contributed by atoms with Crippen molar-refractivity contribution in [1.29, 1.82) is 0 Å². The zero-order chi connectivity index (χ0) is 20.1. The van der Waals surface area contributed by atoms with Crippen molar-refractivity contribution in [3.8, 4) is 5.75 Å². The molecule has 0 aliphatic heterocycles. The molecule has 3 aromatic rings. The van der Waals surface area contributed by atoms with E-state index in [1.807, 2.05) is 35.8 Å². The number of halogens is 3. The predicted molar refractivity (Wildman–Crippen MR) is 114 cm³/mol. The van der Waals surface area contributed by atoms with Crippen molar-refractivity contribution in [2.24, 2.45) is 0 Å². The van der Waals surface area contributed by atoms with Gasteiger partial charge in [-0.1, -0.05) is 51.4 Å². The highest BCUT2D eigenvalue weighted by atomic mass is 79.9. The molecular weight excluding hydrogens is 465 g/mol. The number of aromatic nitrogens is 3. The van der Waals surface area contributed by atoms with Crippen LogP contribution in [0, 0.1) is 5.82 Å². The van der Waals surface area contributed by atoms with E-state index in [2.05, 4.69) is 32.7 Å². The summed E-state index contributed by atoms with van der Waals surface area (Å²) in [4.78, 5) is 0. The molecular formula is C20H18BrClFN3OS. The molecule has 1 heterocycles. The highest BCUT2D eigenvalue weighted by molar-refractivity contribution is 9.10. The zero-order valence-electron chi connectivity index (χ0n) is 15.1. The lowest BCUT2D eigenvalue weighted by molar-refractivity contribution is 0.210. The SMILES string of the molecule is C=CCn1c(SCc2ccc(F)cc2Cl)nnc1[C@@H](C)Oc1ccc(Br)cc1. The maximum absolute atomic E-state index is 13.2. The van der Waals surface area contributed by atoms with Gasteiger partial charge >= 0.3 is 0 Å². The van der Waals surface area contributed by atoms with Crippen LogP contribution in [0.25, 0.3) is 0 Å². The van der Waals surface area contributed by atoms with Crippen LogP contribution in [0.1, 0.15) is 24.4 Å². The van der Waals surface area contributed by atoms with Crippen LogP contribution >= 0.6 is 39.3 Å². The Bertz CT molecular complexity index is 965. The fraction of sp³-hybridized carbons (Fsp3) is 0.200. The Morgan fingerprint density at radius 3 is 2.71 bits per heavy atom. The lowest BCUT2D eigenvalue weighted by Crippen LogP contribution is -2.12. The molecule has 0 saturated heterocycles. The second kappa shape index (κ2) is 9.58. The molecule has 0 bridgehead atoms. The summed E-state index contributed by atoms with van der Waals surface area (Å²) in [6.07, 6.45) is 1.49. The van der Waals surface area contributed by atoms with Gasteiger partial charge in [0, 0.05) is 21.8 Å². The van der Waals surface area contributed by atoms with Crippen LogP contribution in [0.4, 0.5) is 4.39 Å². The minimum atomic E-state index is -0.352. The minimum absolute atomic E-state index is 0.294. The Hall–Kier alpha value is -1.83. The van der Waals surface area contributed by atoms with Crippen LogP contribution in [0.2, 0.25) is 5.02 Å². The van der Waals surface area contributed by atoms with Crippen molar-refractivity contribution < 1.29 is 9.13 Å². The van der Waals surface area contributed by atoms with E-state index in [0.717, 1.165) is 20.9 Å². The molecule has 0 N–H and O–H groups in total. The molecule has 0 saturated carbocycles. The summed E-state index contributed by atoms with van der Waals surface area (Å²) in [5, 5.41) is 9.73. The first-order chi connectivity index (χ1) is 13.5. The van der Waals surface area contributed by atoms with Crippen LogP contribution < -0.4 is 4.74 Å². The van der Waals surface area contributed by atoms with Crippen LogP contribution in [0.15, 0.2) is 64.7 Å². The van der Waals surface area contributed by atoms with E-state index < -0.39 is 0 Å². The van der Waals surface area contributed by atoms with Gasteiger partial charge in [0.05, 0.1) is 0 Å². The molecule has 4 nitrogen and oxygen atoms in total. The number of allylic oxidation sites excluding steroid dienone is 1. The normalized spacial score (nSPS) is 12.0. The molecule has 1 atom stereocenters. The van der Waals surface area contributed by atoms with Gasteiger partial charge in [0.2, 0.25) is 0 Å². The smallest absolute Gasteiger partial charge is 0.191 e. The standard InChI is InChI=1S/C20H18BrClFN3OS/c1-3-10-26-19(13(2)27-17-8-5-15(21)6-9-17)24-25-20(26)28-12-14-4-7-16(23)11-18(14)22/h3-9,11,13H,1,10,12H2,2H3/t13-/m1/s1. The summed E-state index contributed by atoms with van der Waals surface area (Å²) in [5.41, 5.74) is 0.835. The molecule has 0 amide bonds. The predicted octanol–water partition coefficient (Wildman–Crippen LogP) is 6.45. The van der Waals surface area contributed by atoms with Crippen molar-refractivity contribution in [3.63, 3.8) is 0 Å². The Morgan fingerprint density at radius 2 is 2.04 bits per heavy atom. The fourth-order valence-corrected chi connectivity index (χ4v) is 4.10. The molecule has 28 heavy (non-hydrogen) atoms. The lowest BCUT2D eigenvalue weighted by Gasteiger charge is -2.16. The second-order valence-corrected chi connectivity index (χ2v) is 8.24. The first-order valence-corrected chi connectivity index (χ1v) is 10.7. The Kier molecular flexibility index (Phi) is 7.15. The number of thioether (sulfide) groups is 1. The minimum Gasteiger partial charge on any atom is -0.483 e. The van der Waals surface area contributed by atoms with Gasteiger partial charge in [0.1, 0.15) is 11.6 Å². The summed E-state index contributed by atoms with van der Waals surface area (Å²) in [6.45, 7) is 6.30. The third-order valence-corrected chi connectivity index (χ3v) is 5.82. The molecule has 1 aromatic heterocycles. The molecule has 0 radical (unpaired) electrons. The average Bonchev–Trinajstić information content (AvgIpc) is 3.06. The van der Waals surface area contributed by atoms with Crippen molar-refractivity contribution in [1.82, 2.24) is 14.8 Å². The molecule has 2 aromatic carbocycles. The third kappa shape index (κ3) is 5.16. The molecule has 0 aliphatic carbocycles. The van der Waals surface area contributed by atoms with Gasteiger partial charge in [-0.3, -0.25) is 4.57 Å². The quantitative estimate of drug-likeness (QED) is 0.273. The van der Waals surface area contributed by atoms with Gasteiger partial charge in [0.25, 0.3) is 0 Å². The Morgan fingerprint density at radius 1 is 1.29 bits per heavy atom. The van der Waals surface area contributed by atoms with Gasteiger partial charge in [-0.2, -0.15) is 0 Å². The average molecular weight is 483 g/mol. The van der Waals surface area contributed by atoms with Crippen molar-refractivity contribution >= 4 is 39.3 Å². The van der Waals surface area contributed by atoms with E-state index in [4.69, 9.17) is 16.3 Å². The summed E-state index contributed by atoms with van der Waals surface area (Å²) < 4.78 is 22.2. The molecule has 3 rings (SSSR count). The monoisotopic (exact) mass is 481 g/mol. The summed E-state index contributed by atoms with van der Waals surface area (Å²) in [5.74, 6) is 1.65. The molecule has 0 aliphatic rings. The maximum atomic E-state index is 13.2. The molecule has 8 heteroatoms. The van der Waals surface area contributed by atoms with Crippen LogP contribution in [-0.2, 0) is 12.3 Å². The zero-order valence-corrected chi connectivity index (χ0v) is 18.3. The number of hydrogen-bond acceptors (Lipinski definition) is 4. The van der Waals surface area contributed by atoms with E-state index in [1.54, 1.807) is 12.1 Å². The topological polar surface area (TPSA) is 39.9 Å². The summed E-state index contributed by atoms with van der Waals surface area (Å²) >= 11 is 11.0. The fourth-order valence-electron chi connectivity index (χ4n) is 2.56. The Balaban J connectivity index is 1.76. The van der Waals surface area contributed by atoms with Gasteiger partial charge in [0.15, 0.2) is 17.1 Å². The van der Waals surface area contributed by atoms with E-state index in [0.29, 0.717) is 23.1 Å². The van der Waals surface area contributed by atoms with Gasteiger partial charge in [-0.05, 0) is 48.9 Å². The van der Waals surface area contributed by atoms with Crippen molar-refractivity contribution in [3.05, 3.63) is 81.8 Å². The van der Waals surface area contributed by atoms with Crippen LogP contribution in [-0.4, -0.2) is 14.8 Å². The first kappa shape index (κ1) is 20.9. The number of hydrogen-bond donors (Lipinski definition) is 0. The molecule has 0 fully saturated rings. The van der Waals surface area contributed by atoms with E-state index in [9.17, 15) is 4.39 Å². The maximum Gasteiger partial charge on any atom is 0.191 e. The highest BCUT2D eigenvalue weighted by Crippen LogP contribution is 2.29. The molecule has 146 valence electrons. The third-order valence-electron chi connectivity index (χ3n) is 3.92. The Labute approximate surface area is 180 Å². The van der Waals surface area contributed by atoms with Gasteiger partial charge < -0.3 is 4.74 Å². The summed E-state index contributed by atoms with van der Waals surface area (Å²) in [6, 6.07) is 12.0. The van der Waals surface area contributed by atoms with E-state index in [1.165, 1.54) is 23.9 Å². The second-order valence-electron chi connectivity index (χ2n) is 5.98. The molecule has 0 unspecified atom stereocenters. The number of nitrogens with zero attached hydrogens (tertiary/aromatic N) is 3. The lowest BCUT2D eigenvalue weighted by atomic mass is 10.2. The number of benzene rings is 2. The summed E-state index contributed by atoms with van der Waals surface area (Å²) in [7, 11) is 0. The van der Waals surface area contributed by atoms with Crippen molar-refractivity contribution in [2.75, 3.05) is 0 Å². The van der Waals surface area contributed by atoms with Crippen LogP contribution in [0.5, 0.6) is 5.75 Å². The first-order valence-electron chi connectivity index (χ1n) is 8.51. The largest absolute Gasteiger partial charge is 0.483 e. The number of rotatable bonds is 8. The van der Waals surface area contributed by atoms with Gasteiger partial charge in [-0.15, -0.1) is 16.8 Å². The highest BCUT2D eigenvalue weighted by Gasteiger charge is 2.19. The van der Waals surface area contributed by atoms with Gasteiger partial charge in [-0.25, -0.2) is 4.39 Å². The van der Waals surface area contributed by atoms with E-state index >= 15 is 0 Å².